The molecule has 0 aliphatic heterocycles. The van der Waals surface area contributed by atoms with Crippen LogP contribution in [0.15, 0.2) is 41.4 Å². The van der Waals surface area contributed by atoms with Gasteiger partial charge < -0.3 is 5.32 Å². The van der Waals surface area contributed by atoms with Crippen molar-refractivity contribution in [3.8, 4) is 0 Å². The average molecular weight is 299 g/mol. The van der Waals surface area contributed by atoms with Crippen molar-refractivity contribution in [2.75, 3.05) is 11.6 Å². The third-order valence-corrected chi connectivity index (χ3v) is 3.69. The molecule has 106 valence electrons. The molecule has 0 radical (unpaired) electrons. The second-order valence-electron chi connectivity index (χ2n) is 4.42. The van der Waals surface area contributed by atoms with Crippen LogP contribution in [-0.2, 0) is 0 Å². The molecular formula is C14H13N5OS. The second kappa shape index (κ2) is 5.53. The van der Waals surface area contributed by atoms with Crippen LogP contribution in [-0.4, -0.2) is 31.7 Å². The van der Waals surface area contributed by atoms with Crippen LogP contribution in [0.3, 0.4) is 0 Å². The summed E-state index contributed by atoms with van der Waals surface area (Å²) >= 11 is 1.61. The third-order valence-electron chi connectivity index (χ3n) is 2.96. The van der Waals surface area contributed by atoms with Gasteiger partial charge in [-0.05, 0) is 37.4 Å². The van der Waals surface area contributed by atoms with E-state index in [1.54, 1.807) is 22.5 Å². The molecule has 0 atom stereocenters. The van der Waals surface area contributed by atoms with Gasteiger partial charge in [0.1, 0.15) is 0 Å². The number of nitrogens with one attached hydrogen (secondary N) is 1. The van der Waals surface area contributed by atoms with E-state index in [0.29, 0.717) is 5.78 Å². The molecule has 1 amide bonds. The van der Waals surface area contributed by atoms with E-state index in [1.165, 1.54) is 0 Å². The lowest BCUT2D eigenvalue weighted by Gasteiger charge is -2.03. The Hall–Kier alpha value is -2.41. The van der Waals surface area contributed by atoms with Crippen molar-refractivity contribution >= 4 is 29.1 Å². The van der Waals surface area contributed by atoms with E-state index in [9.17, 15) is 4.79 Å². The number of hydrogen-bond donors (Lipinski definition) is 1. The molecule has 7 heteroatoms. The van der Waals surface area contributed by atoms with Crippen molar-refractivity contribution in [1.29, 1.82) is 0 Å². The van der Waals surface area contributed by atoms with Gasteiger partial charge in [-0.1, -0.05) is 6.07 Å². The third kappa shape index (κ3) is 2.73. The van der Waals surface area contributed by atoms with Gasteiger partial charge in [0.15, 0.2) is 0 Å². The fourth-order valence-corrected chi connectivity index (χ4v) is 2.35. The van der Waals surface area contributed by atoms with Crippen molar-refractivity contribution in [3.63, 3.8) is 0 Å². The normalized spacial score (nSPS) is 10.8. The van der Waals surface area contributed by atoms with E-state index in [2.05, 4.69) is 20.4 Å². The molecule has 0 fully saturated rings. The number of fused-ring (bicyclic) bond motifs is 1. The molecule has 0 saturated heterocycles. The second-order valence-corrected chi connectivity index (χ2v) is 5.30. The summed E-state index contributed by atoms with van der Waals surface area (Å²) in [6.45, 7) is 1.88. The van der Waals surface area contributed by atoms with E-state index < -0.39 is 0 Å². The summed E-state index contributed by atoms with van der Waals surface area (Å²) in [6, 6.07) is 9.42. The highest BCUT2D eigenvalue weighted by atomic mass is 32.2. The fourth-order valence-electron chi connectivity index (χ4n) is 1.89. The highest BCUT2D eigenvalue weighted by Gasteiger charge is 2.14. The van der Waals surface area contributed by atoms with Gasteiger partial charge in [-0.15, -0.1) is 16.9 Å². The summed E-state index contributed by atoms with van der Waals surface area (Å²) in [5.41, 5.74) is 1.59. The molecule has 1 N–H and O–H groups in total. The van der Waals surface area contributed by atoms with E-state index in [0.717, 1.165) is 16.3 Å². The van der Waals surface area contributed by atoms with Gasteiger partial charge in [-0.3, -0.25) is 4.79 Å². The smallest absolute Gasteiger partial charge is 0.295 e. The van der Waals surface area contributed by atoms with Crippen LogP contribution < -0.4 is 5.32 Å². The highest BCUT2D eigenvalue weighted by molar-refractivity contribution is 7.98. The number of thioether (sulfide) groups is 1. The van der Waals surface area contributed by atoms with E-state index in [4.69, 9.17) is 0 Å². The Morgan fingerprint density at radius 1 is 1.33 bits per heavy atom. The zero-order valence-corrected chi connectivity index (χ0v) is 12.4. The summed E-state index contributed by atoms with van der Waals surface area (Å²) in [6.07, 6.45) is 3.63. The first-order chi connectivity index (χ1) is 10.2. The van der Waals surface area contributed by atoms with Crippen molar-refractivity contribution in [3.05, 3.63) is 48.0 Å². The van der Waals surface area contributed by atoms with Gasteiger partial charge in [0.05, 0.1) is 0 Å². The Morgan fingerprint density at radius 3 is 2.95 bits per heavy atom. The Bertz CT molecular complexity index is 814. The lowest BCUT2D eigenvalue weighted by Crippen LogP contribution is -2.14. The van der Waals surface area contributed by atoms with Crippen molar-refractivity contribution in [2.45, 2.75) is 11.8 Å². The molecule has 0 saturated carbocycles. The van der Waals surface area contributed by atoms with Gasteiger partial charge in [0, 0.05) is 22.5 Å². The number of rotatable bonds is 3. The first-order valence-corrected chi connectivity index (χ1v) is 7.53. The SMILES string of the molecule is CSc1cccc(NC(=O)c2nc3nccc(C)n3n2)c1. The zero-order valence-electron chi connectivity index (χ0n) is 11.6. The maximum Gasteiger partial charge on any atom is 0.295 e. The molecule has 0 spiro atoms. The minimum atomic E-state index is -0.349. The van der Waals surface area contributed by atoms with Crippen LogP contribution in [0.2, 0.25) is 0 Å². The number of amides is 1. The average Bonchev–Trinajstić information content (AvgIpc) is 2.93. The molecule has 0 aliphatic carbocycles. The number of anilines is 1. The first-order valence-electron chi connectivity index (χ1n) is 6.31. The summed E-state index contributed by atoms with van der Waals surface area (Å²) in [7, 11) is 0. The monoisotopic (exact) mass is 299 g/mol. The summed E-state index contributed by atoms with van der Waals surface area (Å²) in [5, 5.41) is 6.97. The molecule has 0 unspecified atom stereocenters. The highest BCUT2D eigenvalue weighted by Crippen LogP contribution is 2.19. The van der Waals surface area contributed by atoms with Crippen molar-refractivity contribution < 1.29 is 4.79 Å². The van der Waals surface area contributed by atoms with Gasteiger partial charge in [-0.2, -0.15) is 4.98 Å². The molecule has 0 aliphatic rings. The minimum absolute atomic E-state index is 0.103. The lowest BCUT2D eigenvalue weighted by atomic mass is 10.3. The Balaban J connectivity index is 1.88. The predicted octanol–water partition coefficient (Wildman–Crippen LogP) is 2.41. The molecule has 3 rings (SSSR count). The van der Waals surface area contributed by atoms with E-state index in [1.807, 2.05) is 43.5 Å². The zero-order chi connectivity index (χ0) is 14.8. The van der Waals surface area contributed by atoms with Crippen LogP contribution in [0.5, 0.6) is 0 Å². The molecule has 3 aromatic rings. The molecular weight excluding hydrogens is 286 g/mol. The number of aromatic nitrogens is 4. The Labute approximate surface area is 125 Å². The molecule has 2 heterocycles. The summed E-state index contributed by atoms with van der Waals surface area (Å²) < 4.78 is 1.55. The van der Waals surface area contributed by atoms with Crippen LogP contribution in [0.4, 0.5) is 5.69 Å². The number of carbonyl (C=O) groups is 1. The van der Waals surface area contributed by atoms with Crippen molar-refractivity contribution in [2.24, 2.45) is 0 Å². The van der Waals surface area contributed by atoms with Crippen LogP contribution in [0, 0.1) is 6.92 Å². The molecule has 6 nitrogen and oxygen atoms in total. The number of hydrogen-bond acceptors (Lipinski definition) is 5. The molecule has 21 heavy (non-hydrogen) atoms. The molecule has 0 bridgehead atoms. The van der Waals surface area contributed by atoms with E-state index >= 15 is 0 Å². The summed E-state index contributed by atoms with van der Waals surface area (Å²) in [5.74, 6) is 0.169. The quantitative estimate of drug-likeness (QED) is 0.752. The number of carbonyl (C=O) groups excluding carboxylic acids is 1. The fraction of sp³-hybridized carbons (Fsp3) is 0.143. The first kappa shape index (κ1) is 13.6. The number of nitrogens with zero attached hydrogens (tertiary/aromatic N) is 4. The maximum atomic E-state index is 12.2. The standard InChI is InChI=1S/C14H13N5OS/c1-9-6-7-15-14-17-12(18-19(9)14)13(20)16-10-4-3-5-11(8-10)21-2/h3-8H,1-2H3,(H,16,20). The van der Waals surface area contributed by atoms with Crippen LogP contribution in [0.25, 0.3) is 5.78 Å². The maximum absolute atomic E-state index is 12.2. The topological polar surface area (TPSA) is 72.2 Å². The molecule has 2 aromatic heterocycles. The minimum Gasteiger partial charge on any atom is -0.319 e. The number of benzene rings is 1. The Morgan fingerprint density at radius 2 is 2.19 bits per heavy atom. The largest absolute Gasteiger partial charge is 0.319 e. The van der Waals surface area contributed by atoms with Gasteiger partial charge >= 0.3 is 0 Å². The van der Waals surface area contributed by atoms with E-state index in [-0.39, 0.29) is 11.7 Å². The van der Waals surface area contributed by atoms with Gasteiger partial charge in [0.2, 0.25) is 5.82 Å². The Kier molecular flexibility index (Phi) is 3.57. The predicted molar refractivity (Wildman–Crippen MR) is 81.7 cm³/mol. The lowest BCUT2D eigenvalue weighted by molar-refractivity contribution is 0.101. The number of aryl methyl sites for hydroxylation is 1. The summed E-state index contributed by atoms with van der Waals surface area (Å²) in [4.78, 5) is 21.5. The van der Waals surface area contributed by atoms with Crippen LogP contribution in [0.1, 0.15) is 16.3 Å². The van der Waals surface area contributed by atoms with Crippen molar-refractivity contribution in [1.82, 2.24) is 19.6 Å². The van der Waals surface area contributed by atoms with Gasteiger partial charge in [0.25, 0.3) is 11.7 Å². The molecule has 1 aromatic carbocycles. The van der Waals surface area contributed by atoms with Gasteiger partial charge in [-0.25, -0.2) is 9.50 Å². The van der Waals surface area contributed by atoms with Crippen LogP contribution >= 0.6 is 11.8 Å².